The first kappa shape index (κ1) is 23.1. The van der Waals surface area contributed by atoms with Crippen molar-refractivity contribution >= 4 is 34.0 Å². The number of halogens is 2. The van der Waals surface area contributed by atoms with Gasteiger partial charge in [-0.1, -0.05) is 11.6 Å². The van der Waals surface area contributed by atoms with Gasteiger partial charge in [-0.3, -0.25) is 4.90 Å². The van der Waals surface area contributed by atoms with Crippen LogP contribution in [0.3, 0.4) is 0 Å². The predicted octanol–water partition coefficient (Wildman–Crippen LogP) is 5.06. The second-order valence-corrected chi connectivity index (χ2v) is 9.39. The van der Waals surface area contributed by atoms with Crippen molar-refractivity contribution in [2.24, 2.45) is 5.41 Å². The summed E-state index contributed by atoms with van der Waals surface area (Å²) in [6, 6.07) is 8.16. The minimum absolute atomic E-state index is 0.0403. The second-order valence-electron chi connectivity index (χ2n) is 8.98. The van der Waals surface area contributed by atoms with E-state index in [-0.39, 0.29) is 5.02 Å². The summed E-state index contributed by atoms with van der Waals surface area (Å²) in [6.45, 7) is 5.37. The van der Waals surface area contributed by atoms with Crippen molar-refractivity contribution in [3.8, 4) is 11.5 Å². The molecule has 3 heterocycles. The third-order valence-electron chi connectivity index (χ3n) is 6.84. The Morgan fingerprint density at radius 2 is 2.00 bits per heavy atom. The third-order valence-corrected chi connectivity index (χ3v) is 7.13. The van der Waals surface area contributed by atoms with Crippen LogP contribution in [0.1, 0.15) is 19.3 Å². The fraction of sp³-hybridized carbons (Fsp3) is 0.440. The van der Waals surface area contributed by atoms with Crippen molar-refractivity contribution in [2.75, 3.05) is 51.9 Å². The van der Waals surface area contributed by atoms with Gasteiger partial charge in [0.15, 0.2) is 11.5 Å². The molecular formula is C25H28ClFN4O3. The zero-order valence-electron chi connectivity index (χ0n) is 19.2. The molecule has 1 N–H and O–H groups in total. The number of ether oxygens (including phenoxy) is 3. The molecule has 1 aromatic heterocycles. The number of hydrogen-bond donors (Lipinski definition) is 1. The van der Waals surface area contributed by atoms with E-state index < -0.39 is 5.82 Å². The van der Waals surface area contributed by atoms with Crippen molar-refractivity contribution in [2.45, 2.75) is 19.3 Å². The van der Waals surface area contributed by atoms with Gasteiger partial charge in [-0.2, -0.15) is 0 Å². The highest BCUT2D eigenvalue weighted by Gasteiger charge is 2.39. The molecule has 5 rings (SSSR count). The SMILES string of the molecule is COc1cc2ncnc(Nc3ccc(F)c(Cl)c3)c2cc1OCCN1CCC2(CCOCC2)C1. The summed E-state index contributed by atoms with van der Waals surface area (Å²) in [5, 5.41) is 4.00. The Labute approximate surface area is 203 Å². The predicted molar refractivity (Wildman–Crippen MR) is 130 cm³/mol. The molecule has 9 heteroatoms. The zero-order valence-corrected chi connectivity index (χ0v) is 19.9. The molecule has 0 amide bonds. The topological polar surface area (TPSA) is 68.7 Å². The van der Waals surface area contributed by atoms with Gasteiger partial charge in [-0.15, -0.1) is 0 Å². The van der Waals surface area contributed by atoms with Gasteiger partial charge >= 0.3 is 0 Å². The first-order valence-corrected chi connectivity index (χ1v) is 11.9. The number of rotatable bonds is 7. The van der Waals surface area contributed by atoms with Crippen LogP contribution in [0.2, 0.25) is 5.02 Å². The van der Waals surface area contributed by atoms with Crippen LogP contribution in [0.25, 0.3) is 10.9 Å². The van der Waals surface area contributed by atoms with Gasteiger partial charge in [0, 0.05) is 43.4 Å². The molecule has 1 spiro atoms. The number of nitrogens with zero attached hydrogens (tertiary/aromatic N) is 3. The lowest BCUT2D eigenvalue weighted by Gasteiger charge is -2.33. The van der Waals surface area contributed by atoms with Crippen LogP contribution >= 0.6 is 11.6 Å². The molecule has 0 aliphatic carbocycles. The van der Waals surface area contributed by atoms with E-state index in [2.05, 4.69) is 20.2 Å². The maximum Gasteiger partial charge on any atom is 0.162 e. The largest absolute Gasteiger partial charge is 0.493 e. The summed E-state index contributed by atoms with van der Waals surface area (Å²) in [5.74, 6) is 1.34. The molecule has 0 radical (unpaired) electrons. The van der Waals surface area contributed by atoms with Crippen LogP contribution in [0.15, 0.2) is 36.7 Å². The maximum absolute atomic E-state index is 13.5. The number of nitrogens with one attached hydrogen (secondary N) is 1. The van der Waals surface area contributed by atoms with Crippen LogP contribution in [0.4, 0.5) is 15.9 Å². The Hall–Kier alpha value is -2.68. The van der Waals surface area contributed by atoms with E-state index in [1.54, 1.807) is 13.2 Å². The molecule has 0 atom stereocenters. The highest BCUT2D eigenvalue weighted by Crippen LogP contribution is 2.40. The van der Waals surface area contributed by atoms with E-state index in [1.165, 1.54) is 24.9 Å². The molecular weight excluding hydrogens is 459 g/mol. The van der Waals surface area contributed by atoms with E-state index in [4.69, 9.17) is 25.8 Å². The lowest BCUT2D eigenvalue weighted by molar-refractivity contribution is 0.0189. The molecule has 180 valence electrons. The van der Waals surface area contributed by atoms with Gasteiger partial charge in [0.2, 0.25) is 0 Å². The summed E-state index contributed by atoms with van der Waals surface area (Å²) in [6.07, 6.45) is 5.00. The summed E-state index contributed by atoms with van der Waals surface area (Å²) in [5.41, 5.74) is 1.75. The second kappa shape index (κ2) is 9.90. The lowest BCUT2D eigenvalue weighted by atomic mass is 9.80. The standard InChI is InChI=1S/C25H28ClFN4O3/c1-32-22-14-21-18(24(29-16-28-21)30-17-2-3-20(27)19(26)12-17)13-23(22)34-11-8-31-7-4-25(15-31)5-9-33-10-6-25/h2-3,12-14,16H,4-11,15H2,1H3,(H,28,29,30). The monoisotopic (exact) mass is 486 g/mol. The van der Waals surface area contributed by atoms with E-state index in [1.807, 2.05) is 12.1 Å². The smallest absolute Gasteiger partial charge is 0.162 e. The maximum atomic E-state index is 13.5. The highest BCUT2D eigenvalue weighted by atomic mass is 35.5. The lowest BCUT2D eigenvalue weighted by Crippen LogP contribution is -2.34. The Balaban J connectivity index is 1.30. The number of hydrogen-bond acceptors (Lipinski definition) is 7. The molecule has 7 nitrogen and oxygen atoms in total. The molecule has 2 aliphatic heterocycles. The van der Waals surface area contributed by atoms with E-state index >= 15 is 0 Å². The van der Waals surface area contributed by atoms with E-state index in [0.717, 1.165) is 51.1 Å². The highest BCUT2D eigenvalue weighted by molar-refractivity contribution is 6.31. The normalized spacial score (nSPS) is 17.9. The molecule has 0 unspecified atom stereocenters. The average molecular weight is 487 g/mol. The van der Waals surface area contributed by atoms with Gasteiger partial charge < -0.3 is 19.5 Å². The number of aromatic nitrogens is 2. The molecule has 34 heavy (non-hydrogen) atoms. The number of likely N-dealkylation sites (tertiary alicyclic amines) is 1. The Morgan fingerprint density at radius 3 is 2.79 bits per heavy atom. The summed E-state index contributed by atoms with van der Waals surface area (Å²) in [4.78, 5) is 11.2. The molecule has 2 saturated heterocycles. The summed E-state index contributed by atoms with van der Waals surface area (Å²) < 4.78 is 30.8. The number of benzene rings is 2. The van der Waals surface area contributed by atoms with Crippen molar-refractivity contribution < 1.29 is 18.6 Å². The van der Waals surface area contributed by atoms with Crippen molar-refractivity contribution in [3.05, 3.63) is 47.5 Å². The van der Waals surface area contributed by atoms with Gasteiger partial charge in [0.05, 0.1) is 17.6 Å². The van der Waals surface area contributed by atoms with Crippen molar-refractivity contribution in [1.29, 1.82) is 0 Å². The van der Waals surface area contributed by atoms with Crippen LogP contribution in [0.5, 0.6) is 11.5 Å². The first-order valence-electron chi connectivity index (χ1n) is 11.5. The fourth-order valence-electron chi connectivity index (χ4n) is 4.86. The third kappa shape index (κ3) is 4.89. The average Bonchev–Trinajstić information content (AvgIpc) is 3.23. The summed E-state index contributed by atoms with van der Waals surface area (Å²) in [7, 11) is 1.62. The molecule has 2 fully saturated rings. The van der Waals surface area contributed by atoms with Crippen molar-refractivity contribution in [1.82, 2.24) is 14.9 Å². The van der Waals surface area contributed by atoms with Gasteiger partial charge in [0.25, 0.3) is 0 Å². The molecule has 3 aromatic rings. The Bertz CT molecular complexity index is 1170. The van der Waals surface area contributed by atoms with E-state index in [0.29, 0.717) is 40.5 Å². The summed E-state index contributed by atoms with van der Waals surface area (Å²) >= 11 is 5.93. The number of anilines is 2. The number of methoxy groups -OCH3 is 1. The van der Waals surface area contributed by atoms with E-state index in [9.17, 15) is 4.39 Å². The minimum Gasteiger partial charge on any atom is -0.493 e. The van der Waals surface area contributed by atoms with Gasteiger partial charge in [-0.25, -0.2) is 14.4 Å². The molecule has 2 aromatic carbocycles. The van der Waals surface area contributed by atoms with Crippen LogP contribution in [-0.4, -0.2) is 61.4 Å². The van der Waals surface area contributed by atoms with Gasteiger partial charge in [0.1, 0.15) is 24.6 Å². The number of fused-ring (bicyclic) bond motifs is 1. The first-order chi connectivity index (χ1) is 16.5. The minimum atomic E-state index is -0.471. The molecule has 0 saturated carbocycles. The van der Waals surface area contributed by atoms with Crippen LogP contribution < -0.4 is 14.8 Å². The van der Waals surface area contributed by atoms with Crippen LogP contribution in [0, 0.1) is 11.2 Å². The quantitative estimate of drug-likeness (QED) is 0.500. The Morgan fingerprint density at radius 1 is 1.15 bits per heavy atom. The molecule has 0 bridgehead atoms. The van der Waals surface area contributed by atoms with Crippen molar-refractivity contribution in [3.63, 3.8) is 0 Å². The zero-order chi connectivity index (χ0) is 23.5. The Kier molecular flexibility index (Phi) is 6.72. The van der Waals surface area contributed by atoms with Gasteiger partial charge in [-0.05, 0) is 55.5 Å². The van der Waals surface area contributed by atoms with Crippen LogP contribution in [-0.2, 0) is 4.74 Å². The molecule has 2 aliphatic rings. The fourth-order valence-corrected chi connectivity index (χ4v) is 5.04.